The molecule has 0 unspecified atom stereocenters. The van der Waals surface area contributed by atoms with Crippen LogP contribution in [0.3, 0.4) is 0 Å². The molecule has 0 atom stereocenters. The number of carbonyl (C=O) groups is 1. The maximum atomic E-state index is 12.8. The summed E-state index contributed by atoms with van der Waals surface area (Å²) in [6.07, 6.45) is 1.20. The molecule has 0 bridgehead atoms. The summed E-state index contributed by atoms with van der Waals surface area (Å²) in [4.78, 5) is 18.8. The van der Waals surface area contributed by atoms with Crippen LogP contribution >= 0.6 is 0 Å². The van der Waals surface area contributed by atoms with Crippen LogP contribution in [0.1, 0.15) is 10.4 Å². The van der Waals surface area contributed by atoms with E-state index in [2.05, 4.69) is 9.97 Å². The number of rotatable bonds is 2. The average Bonchev–Trinajstić information content (AvgIpc) is 2.82. The van der Waals surface area contributed by atoms with E-state index in [0.717, 1.165) is 0 Å². The van der Waals surface area contributed by atoms with E-state index in [0.29, 0.717) is 11.1 Å². The minimum absolute atomic E-state index is 0.0338. The number of oxazole rings is 1. The van der Waals surface area contributed by atoms with Crippen LogP contribution in [0.4, 0.5) is 4.39 Å². The van der Waals surface area contributed by atoms with Crippen molar-refractivity contribution in [1.82, 2.24) is 9.97 Å². The summed E-state index contributed by atoms with van der Waals surface area (Å²) in [6, 6.07) is 7.01. The van der Waals surface area contributed by atoms with E-state index in [1.807, 2.05) is 0 Å². The maximum absolute atomic E-state index is 12.8. The predicted octanol–water partition coefficient (Wildman–Crippen LogP) is 2.73. The summed E-state index contributed by atoms with van der Waals surface area (Å²) in [5.41, 5.74) is 1.21. The lowest BCUT2D eigenvalue weighted by Gasteiger charge is -1.93. The quantitative estimate of drug-likeness (QED) is 0.764. The normalized spacial score (nSPS) is 10.8. The summed E-state index contributed by atoms with van der Waals surface area (Å²) in [5.74, 6) is -1.17. The van der Waals surface area contributed by atoms with Gasteiger partial charge in [0.25, 0.3) is 0 Å². The average molecular weight is 258 g/mol. The lowest BCUT2D eigenvalue weighted by molar-refractivity contribution is 0.0696. The Morgan fingerprint density at radius 1 is 1.26 bits per heavy atom. The largest absolute Gasteiger partial charge is 0.478 e. The van der Waals surface area contributed by atoms with E-state index < -0.39 is 5.97 Å². The Morgan fingerprint density at radius 3 is 2.68 bits per heavy atom. The summed E-state index contributed by atoms with van der Waals surface area (Å²) in [5, 5.41) is 8.86. The van der Waals surface area contributed by atoms with Crippen LogP contribution in [0.25, 0.3) is 22.7 Å². The van der Waals surface area contributed by atoms with Crippen LogP contribution < -0.4 is 0 Å². The maximum Gasteiger partial charge on any atom is 0.337 e. The number of fused-ring (bicyclic) bond motifs is 1. The molecule has 0 saturated heterocycles. The van der Waals surface area contributed by atoms with Gasteiger partial charge in [0, 0.05) is 11.8 Å². The topological polar surface area (TPSA) is 76.2 Å². The van der Waals surface area contributed by atoms with Gasteiger partial charge in [0.05, 0.1) is 5.56 Å². The molecule has 19 heavy (non-hydrogen) atoms. The van der Waals surface area contributed by atoms with Gasteiger partial charge in [-0.3, -0.25) is 0 Å². The summed E-state index contributed by atoms with van der Waals surface area (Å²) >= 11 is 0. The van der Waals surface area contributed by atoms with E-state index in [-0.39, 0.29) is 23.0 Å². The lowest BCUT2D eigenvalue weighted by Crippen LogP contribution is -1.96. The molecule has 3 rings (SSSR count). The molecule has 0 fully saturated rings. The monoisotopic (exact) mass is 258 g/mol. The molecule has 3 aromatic rings. The van der Waals surface area contributed by atoms with Gasteiger partial charge in [-0.25, -0.2) is 19.2 Å². The van der Waals surface area contributed by atoms with Gasteiger partial charge < -0.3 is 9.52 Å². The highest BCUT2D eigenvalue weighted by molar-refractivity contribution is 5.90. The van der Waals surface area contributed by atoms with Gasteiger partial charge in [0.15, 0.2) is 0 Å². The second-order valence-corrected chi connectivity index (χ2v) is 3.88. The number of aromatic nitrogens is 2. The molecule has 0 amide bonds. The second-order valence-electron chi connectivity index (χ2n) is 3.88. The lowest BCUT2D eigenvalue weighted by atomic mass is 10.2. The SMILES string of the molecule is O=C(O)c1cnc2oc(-c3ccc(F)cc3)nc2c1. The van der Waals surface area contributed by atoms with Crippen molar-refractivity contribution in [1.29, 1.82) is 0 Å². The van der Waals surface area contributed by atoms with Crippen LogP contribution in [0.2, 0.25) is 0 Å². The third kappa shape index (κ3) is 2.03. The number of hydrogen-bond donors (Lipinski definition) is 1. The zero-order valence-corrected chi connectivity index (χ0v) is 9.50. The Balaban J connectivity index is 2.11. The van der Waals surface area contributed by atoms with Gasteiger partial charge in [0.2, 0.25) is 11.6 Å². The Morgan fingerprint density at radius 2 is 2.00 bits per heavy atom. The molecule has 2 heterocycles. The number of benzene rings is 1. The first-order chi connectivity index (χ1) is 9.13. The number of hydrogen-bond acceptors (Lipinski definition) is 4. The molecule has 0 spiro atoms. The van der Waals surface area contributed by atoms with Gasteiger partial charge in [-0.05, 0) is 30.3 Å². The van der Waals surface area contributed by atoms with Crippen LogP contribution in [0, 0.1) is 5.82 Å². The number of nitrogens with zero attached hydrogens (tertiary/aromatic N) is 2. The van der Waals surface area contributed by atoms with Crippen molar-refractivity contribution < 1.29 is 18.7 Å². The van der Waals surface area contributed by atoms with E-state index in [1.165, 1.54) is 36.5 Å². The molecular weight excluding hydrogens is 251 g/mol. The molecule has 0 radical (unpaired) electrons. The summed E-state index contributed by atoms with van der Waals surface area (Å²) in [6.45, 7) is 0. The molecule has 5 nitrogen and oxygen atoms in total. The van der Waals surface area contributed by atoms with Gasteiger partial charge in [-0.1, -0.05) is 0 Å². The number of halogens is 1. The highest BCUT2D eigenvalue weighted by atomic mass is 19.1. The number of carboxylic acids is 1. The molecule has 0 aliphatic rings. The predicted molar refractivity (Wildman–Crippen MR) is 64.2 cm³/mol. The molecular formula is C13H7FN2O3. The van der Waals surface area contributed by atoms with Gasteiger partial charge in [0.1, 0.15) is 11.3 Å². The first-order valence-corrected chi connectivity index (χ1v) is 5.39. The van der Waals surface area contributed by atoms with Crippen molar-refractivity contribution in [2.45, 2.75) is 0 Å². The number of aromatic carboxylic acids is 1. The molecule has 94 valence electrons. The molecule has 6 heteroatoms. The van der Waals surface area contributed by atoms with Crippen molar-refractivity contribution in [2.24, 2.45) is 0 Å². The molecule has 1 aromatic carbocycles. The van der Waals surface area contributed by atoms with Crippen LogP contribution in [0.15, 0.2) is 40.9 Å². The van der Waals surface area contributed by atoms with Gasteiger partial charge in [-0.2, -0.15) is 0 Å². The molecule has 0 saturated carbocycles. The number of pyridine rings is 1. The van der Waals surface area contributed by atoms with Crippen molar-refractivity contribution in [2.75, 3.05) is 0 Å². The Bertz CT molecular complexity index is 765. The van der Waals surface area contributed by atoms with Gasteiger partial charge in [-0.15, -0.1) is 0 Å². The smallest absolute Gasteiger partial charge is 0.337 e. The van der Waals surface area contributed by atoms with E-state index in [1.54, 1.807) is 0 Å². The second kappa shape index (κ2) is 4.16. The zero-order chi connectivity index (χ0) is 13.4. The Kier molecular flexibility index (Phi) is 2.49. The van der Waals surface area contributed by atoms with Crippen molar-refractivity contribution in [3.63, 3.8) is 0 Å². The highest BCUT2D eigenvalue weighted by Gasteiger charge is 2.12. The molecule has 1 N–H and O–H groups in total. The fraction of sp³-hybridized carbons (Fsp3) is 0. The third-order valence-corrected chi connectivity index (χ3v) is 2.59. The van der Waals surface area contributed by atoms with Gasteiger partial charge >= 0.3 is 5.97 Å². The first-order valence-electron chi connectivity index (χ1n) is 5.39. The highest BCUT2D eigenvalue weighted by Crippen LogP contribution is 2.23. The van der Waals surface area contributed by atoms with Crippen molar-refractivity contribution in [3.05, 3.63) is 47.9 Å². The van der Waals surface area contributed by atoms with Crippen LogP contribution in [-0.4, -0.2) is 21.0 Å². The first kappa shape index (κ1) is 11.3. The summed E-state index contributed by atoms with van der Waals surface area (Å²) in [7, 11) is 0. The molecule has 0 aliphatic carbocycles. The van der Waals surface area contributed by atoms with Crippen LogP contribution in [-0.2, 0) is 0 Å². The standard InChI is InChI=1S/C13H7FN2O3/c14-9-3-1-7(2-4-9)11-16-10-5-8(13(17)18)6-15-12(10)19-11/h1-6H,(H,17,18). The fourth-order valence-corrected chi connectivity index (χ4v) is 1.66. The Labute approximate surface area is 106 Å². The van der Waals surface area contributed by atoms with E-state index in [9.17, 15) is 9.18 Å². The Hall–Kier alpha value is -2.76. The fourth-order valence-electron chi connectivity index (χ4n) is 1.66. The third-order valence-electron chi connectivity index (χ3n) is 2.59. The number of carboxylic acid groups (broad SMARTS) is 1. The molecule has 2 aromatic heterocycles. The van der Waals surface area contributed by atoms with E-state index in [4.69, 9.17) is 9.52 Å². The van der Waals surface area contributed by atoms with Crippen molar-refractivity contribution >= 4 is 17.2 Å². The molecule has 0 aliphatic heterocycles. The van der Waals surface area contributed by atoms with Crippen molar-refractivity contribution in [3.8, 4) is 11.5 Å². The minimum Gasteiger partial charge on any atom is -0.478 e. The summed E-state index contributed by atoms with van der Waals surface area (Å²) < 4.78 is 18.2. The van der Waals surface area contributed by atoms with E-state index >= 15 is 0 Å². The minimum atomic E-state index is -1.08. The van der Waals surface area contributed by atoms with Crippen LogP contribution in [0.5, 0.6) is 0 Å². The zero-order valence-electron chi connectivity index (χ0n) is 9.50.